The number of aliphatic hydroxyl groups excluding tert-OH is 1. The molecule has 0 amide bonds. The van der Waals surface area contributed by atoms with Gasteiger partial charge in [-0.05, 0) is 48.5 Å². The van der Waals surface area contributed by atoms with E-state index in [0.717, 1.165) is 22.2 Å². The molecule has 0 fully saturated rings. The molecule has 2 heterocycles. The lowest BCUT2D eigenvalue weighted by Crippen LogP contribution is -1.97. The topological polar surface area (TPSA) is 80.2 Å². The van der Waals surface area contributed by atoms with Crippen molar-refractivity contribution in [3.63, 3.8) is 0 Å². The largest absolute Gasteiger partial charge is 0.454 e. The normalized spacial score (nSPS) is 10.3. The number of benzene rings is 2. The Balaban J connectivity index is 1.62. The molecule has 29 heavy (non-hydrogen) atoms. The average Bonchev–Trinajstić information content (AvgIpc) is 2.75. The summed E-state index contributed by atoms with van der Waals surface area (Å²) in [5, 5.41) is 13.4. The maximum atomic E-state index is 8.89. The molecular weight excluding hydrogens is 388 g/mol. The summed E-state index contributed by atoms with van der Waals surface area (Å²) in [5.41, 5.74) is 2.29. The van der Waals surface area contributed by atoms with Gasteiger partial charge in [0, 0.05) is 22.8 Å². The Hall–Kier alpha value is -3.66. The summed E-state index contributed by atoms with van der Waals surface area (Å²) in [6.07, 6.45) is 4.78. The molecule has 7 heteroatoms. The molecule has 4 aromatic rings. The van der Waals surface area contributed by atoms with Crippen LogP contribution >= 0.6 is 11.6 Å². The minimum absolute atomic E-state index is 0.194. The maximum Gasteiger partial charge on any atom is 0.146 e. The number of halogens is 1. The third-order valence-corrected chi connectivity index (χ3v) is 4.30. The highest BCUT2D eigenvalue weighted by Gasteiger charge is 2.08. The molecular formula is C22H15ClN4O2. The molecule has 0 saturated heterocycles. The second-order valence-corrected chi connectivity index (χ2v) is 6.38. The predicted octanol–water partition coefficient (Wildman–Crippen LogP) is 4.56. The van der Waals surface area contributed by atoms with Crippen LogP contribution in [-0.4, -0.2) is 26.7 Å². The van der Waals surface area contributed by atoms with E-state index in [-0.39, 0.29) is 6.61 Å². The van der Waals surface area contributed by atoms with Crippen molar-refractivity contribution in [2.24, 2.45) is 0 Å². The van der Waals surface area contributed by atoms with E-state index in [0.29, 0.717) is 22.3 Å². The van der Waals surface area contributed by atoms with E-state index >= 15 is 0 Å². The number of nitrogens with zero attached hydrogens (tertiary/aromatic N) is 3. The van der Waals surface area contributed by atoms with E-state index in [9.17, 15) is 0 Å². The van der Waals surface area contributed by atoms with Crippen molar-refractivity contribution in [2.75, 3.05) is 11.9 Å². The van der Waals surface area contributed by atoms with Gasteiger partial charge in [-0.15, -0.1) is 0 Å². The first-order chi connectivity index (χ1) is 14.2. The number of ether oxygens (including phenoxy) is 1. The standard InChI is InChI=1S/C22H15ClN4O2/c23-19-12-16(6-8-21(19)29-17-4-1-9-24-13-17)27-22-18-11-15(3-2-10-28)5-7-20(18)25-14-26-22/h1,4-9,11-14,28H,10H2,(H,25,26,27). The molecule has 6 nitrogen and oxygen atoms in total. The van der Waals surface area contributed by atoms with E-state index in [1.54, 1.807) is 36.7 Å². The Labute approximate surface area is 172 Å². The van der Waals surface area contributed by atoms with Crippen LogP contribution in [0.15, 0.2) is 67.3 Å². The number of fused-ring (bicyclic) bond motifs is 1. The molecule has 2 N–H and O–H groups in total. The Morgan fingerprint density at radius 3 is 2.83 bits per heavy atom. The van der Waals surface area contributed by atoms with E-state index in [1.165, 1.54) is 6.33 Å². The Bertz CT molecular complexity index is 1220. The van der Waals surface area contributed by atoms with Crippen LogP contribution in [0.25, 0.3) is 10.9 Å². The molecule has 142 valence electrons. The van der Waals surface area contributed by atoms with Gasteiger partial charge >= 0.3 is 0 Å². The monoisotopic (exact) mass is 402 g/mol. The quantitative estimate of drug-likeness (QED) is 0.487. The predicted molar refractivity (Wildman–Crippen MR) is 113 cm³/mol. The fraction of sp³-hybridized carbons (Fsp3) is 0.0455. The number of anilines is 2. The second kappa shape index (κ2) is 8.57. The summed E-state index contributed by atoms with van der Waals surface area (Å²) in [6, 6.07) is 14.6. The molecule has 0 atom stereocenters. The van der Waals surface area contributed by atoms with Crippen LogP contribution in [0.1, 0.15) is 5.56 Å². The highest BCUT2D eigenvalue weighted by molar-refractivity contribution is 6.32. The fourth-order valence-corrected chi connectivity index (χ4v) is 2.93. The number of hydrogen-bond donors (Lipinski definition) is 2. The summed E-state index contributed by atoms with van der Waals surface area (Å²) >= 11 is 6.39. The Morgan fingerprint density at radius 2 is 2.03 bits per heavy atom. The average molecular weight is 403 g/mol. The van der Waals surface area contributed by atoms with Crippen molar-refractivity contribution in [1.29, 1.82) is 0 Å². The van der Waals surface area contributed by atoms with Gasteiger partial charge in [-0.25, -0.2) is 9.97 Å². The van der Waals surface area contributed by atoms with Gasteiger partial charge in [0.15, 0.2) is 0 Å². The third-order valence-electron chi connectivity index (χ3n) is 4.00. The van der Waals surface area contributed by atoms with Gasteiger partial charge in [-0.3, -0.25) is 4.98 Å². The lowest BCUT2D eigenvalue weighted by molar-refractivity contribution is 0.350. The Kier molecular flexibility index (Phi) is 5.52. The van der Waals surface area contributed by atoms with Gasteiger partial charge in [0.25, 0.3) is 0 Å². The van der Waals surface area contributed by atoms with Crippen LogP contribution in [0.5, 0.6) is 11.5 Å². The molecule has 0 aliphatic heterocycles. The summed E-state index contributed by atoms with van der Waals surface area (Å²) in [5.74, 6) is 7.29. The zero-order valence-electron chi connectivity index (χ0n) is 15.1. The zero-order chi connectivity index (χ0) is 20.1. The van der Waals surface area contributed by atoms with E-state index < -0.39 is 0 Å². The Morgan fingerprint density at radius 1 is 1.10 bits per heavy atom. The summed E-state index contributed by atoms with van der Waals surface area (Å²) in [7, 11) is 0. The molecule has 0 saturated carbocycles. The van der Waals surface area contributed by atoms with Gasteiger partial charge in [0.1, 0.15) is 30.3 Å². The number of rotatable bonds is 4. The lowest BCUT2D eigenvalue weighted by atomic mass is 10.1. The number of hydrogen-bond acceptors (Lipinski definition) is 6. The van der Waals surface area contributed by atoms with Gasteiger partial charge in [0.05, 0.1) is 16.7 Å². The molecule has 0 spiro atoms. The van der Waals surface area contributed by atoms with E-state index in [4.69, 9.17) is 21.4 Å². The number of aromatic nitrogens is 3. The van der Waals surface area contributed by atoms with Crippen LogP contribution in [0.3, 0.4) is 0 Å². The van der Waals surface area contributed by atoms with Crippen LogP contribution in [0, 0.1) is 11.8 Å². The maximum absolute atomic E-state index is 8.89. The first kappa shape index (κ1) is 18.7. The summed E-state index contributed by atoms with van der Waals surface area (Å²) in [6.45, 7) is -0.194. The smallest absolute Gasteiger partial charge is 0.146 e. The van der Waals surface area contributed by atoms with Gasteiger partial charge in [0.2, 0.25) is 0 Å². The van der Waals surface area contributed by atoms with Crippen molar-refractivity contribution < 1.29 is 9.84 Å². The summed E-state index contributed by atoms with van der Waals surface area (Å²) < 4.78 is 5.75. The van der Waals surface area contributed by atoms with Crippen LogP contribution in [-0.2, 0) is 0 Å². The minimum Gasteiger partial charge on any atom is -0.454 e. The highest BCUT2D eigenvalue weighted by atomic mass is 35.5. The fourth-order valence-electron chi connectivity index (χ4n) is 2.71. The molecule has 2 aromatic heterocycles. The number of aliphatic hydroxyl groups is 1. The molecule has 0 unspecified atom stereocenters. The SMILES string of the molecule is OCC#Cc1ccc2ncnc(Nc3ccc(Oc4cccnc4)c(Cl)c3)c2c1. The van der Waals surface area contributed by atoms with Crippen molar-refractivity contribution in [3.05, 3.63) is 77.8 Å². The molecule has 0 aliphatic rings. The van der Waals surface area contributed by atoms with Crippen molar-refractivity contribution >= 4 is 34.0 Å². The zero-order valence-corrected chi connectivity index (χ0v) is 15.9. The lowest BCUT2D eigenvalue weighted by Gasteiger charge is -2.11. The molecule has 0 radical (unpaired) electrons. The van der Waals surface area contributed by atoms with Crippen molar-refractivity contribution in [1.82, 2.24) is 15.0 Å². The molecule has 2 aromatic carbocycles. The number of pyridine rings is 1. The minimum atomic E-state index is -0.194. The van der Waals surface area contributed by atoms with Crippen LogP contribution < -0.4 is 10.1 Å². The third kappa shape index (κ3) is 4.43. The van der Waals surface area contributed by atoms with Gasteiger partial charge in [-0.2, -0.15) is 0 Å². The van der Waals surface area contributed by atoms with Crippen LogP contribution in [0.2, 0.25) is 5.02 Å². The van der Waals surface area contributed by atoms with E-state index in [1.807, 2.05) is 24.3 Å². The number of nitrogens with one attached hydrogen (secondary N) is 1. The van der Waals surface area contributed by atoms with Gasteiger partial charge in [-0.1, -0.05) is 23.4 Å². The summed E-state index contributed by atoms with van der Waals surface area (Å²) in [4.78, 5) is 12.6. The van der Waals surface area contributed by atoms with Crippen molar-refractivity contribution in [2.45, 2.75) is 0 Å². The first-order valence-electron chi connectivity index (χ1n) is 8.72. The molecule has 0 bridgehead atoms. The highest BCUT2D eigenvalue weighted by Crippen LogP contribution is 2.33. The first-order valence-corrected chi connectivity index (χ1v) is 9.10. The van der Waals surface area contributed by atoms with Crippen molar-refractivity contribution in [3.8, 4) is 23.3 Å². The molecule has 4 rings (SSSR count). The molecule has 0 aliphatic carbocycles. The second-order valence-electron chi connectivity index (χ2n) is 5.98. The van der Waals surface area contributed by atoms with Crippen LogP contribution in [0.4, 0.5) is 11.5 Å². The van der Waals surface area contributed by atoms with Gasteiger partial charge < -0.3 is 15.2 Å². The van der Waals surface area contributed by atoms with E-state index in [2.05, 4.69) is 32.1 Å².